The maximum absolute atomic E-state index is 12.8. The van der Waals surface area contributed by atoms with E-state index in [0.717, 1.165) is 76.4 Å². The van der Waals surface area contributed by atoms with Crippen molar-refractivity contribution in [3.63, 3.8) is 0 Å². The van der Waals surface area contributed by atoms with Crippen molar-refractivity contribution in [2.24, 2.45) is 0 Å². The zero-order valence-electron chi connectivity index (χ0n) is 20.6. The van der Waals surface area contributed by atoms with Gasteiger partial charge in [0.2, 0.25) is 0 Å². The molecular weight excluding hydrogens is 428 g/mol. The number of hydrogen-bond acceptors (Lipinski definition) is 6. The van der Waals surface area contributed by atoms with E-state index < -0.39 is 0 Å². The number of carbonyl (C=O) groups is 1. The van der Waals surface area contributed by atoms with Crippen molar-refractivity contribution in [1.29, 1.82) is 0 Å². The van der Waals surface area contributed by atoms with E-state index in [1.807, 2.05) is 24.3 Å². The monoisotopic (exact) mass is 466 g/mol. The molecule has 2 saturated heterocycles. The van der Waals surface area contributed by atoms with Crippen LogP contribution in [0, 0.1) is 13.8 Å². The van der Waals surface area contributed by atoms with Crippen LogP contribution < -0.4 is 10.1 Å². The van der Waals surface area contributed by atoms with E-state index in [2.05, 4.69) is 42.3 Å². The van der Waals surface area contributed by atoms with Crippen LogP contribution in [0.5, 0.6) is 5.75 Å². The van der Waals surface area contributed by atoms with Crippen LogP contribution in [0.2, 0.25) is 0 Å². The minimum atomic E-state index is -0.306. The fourth-order valence-electron chi connectivity index (χ4n) is 4.58. The summed E-state index contributed by atoms with van der Waals surface area (Å²) in [4.78, 5) is 15.2. The first kappa shape index (κ1) is 24.7. The molecule has 0 radical (unpaired) electrons. The first-order valence-electron chi connectivity index (χ1n) is 12.6. The summed E-state index contributed by atoms with van der Waals surface area (Å²) >= 11 is 0. The van der Waals surface area contributed by atoms with E-state index in [1.54, 1.807) is 0 Å². The third-order valence-electron chi connectivity index (χ3n) is 6.88. The molecular formula is C28H38N2O4. The Labute approximate surface area is 203 Å². The Kier molecular flexibility index (Phi) is 8.97. The lowest BCUT2D eigenvalue weighted by atomic mass is 9.98. The lowest BCUT2D eigenvalue weighted by Gasteiger charge is -2.26. The van der Waals surface area contributed by atoms with E-state index in [-0.39, 0.29) is 18.1 Å². The standard InChI is InChI=1S/C28H38N2O4/c1-21-8-9-23(19-22(21)2)10-11-27(34-28(31)26-7-4-12-29-26)24-5-3-6-25(20-24)33-18-15-30-13-16-32-17-14-30/h3,5-6,8-9,19-20,26-27,29H,4,7,10-18H2,1-2H3/t26-,27?/m0/s1. The molecule has 184 valence electrons. The number of aryl methyl sites for hydroxylation is 3. The zero-order valence-corrected chi connectivity index (χ0v) is 20.6. The van der Waals surface area contributed by atoms with Crippen molar-refractivity contribution >= 4 is 5.97 Å². The predicted octanol–water partition coefficient (Wildman–Crippen LogP) is 3.98. The second-order valence-corrected chi connectivity index (χ2v) is 9.41. The highest BCUT2D eigenvalue weighted by molar-refractivity contribution is 5.76. The van der Waals surface area contributed by atoms with Gasteiger partial charge >= 0.3 is 5.97 Å². The van der Waals surface area contributed by atoms with Gasteiger partial charge in [0.15, 0.2) is 0 Å². The van der Waals surface area contributed by atoms with Crippen LogP contribution in [0.4, 0.5) is 0 Å². The minimum Gasteiger partial charge on any atom is -0.492 e. The van der Waals surface area contributed by atoms with E-state index in [9.17, 15) is 4.79 Å². The van der Waals surface area contributed by atoms with Gasteiger partial charge in [0, 0.05) is 19.6 Å². The van der Waals surface area contributed by atoms with Crippen LogP contribution in [0.15, 0.2) is 42.5 Å². The predicted molar refractivity (Wildman–Crippen MR) is 133 cm³/mol. The Bertz CT molecular complexity index is 936. The summed E-state index contributed by atoms with van der Waals surface area (Å²) in [6.07, 6.45) is 3.13. The zero-order chi connectivity index (χ0) is 23.8. The van der Waals surface area contributed by atoms with Gasteiger partial charge in [-0.05, 0) is 80.5 Å². The molecule has 2 fully saturated rings. The Morgan fingerprint density at radius 1 is 1.15 bits per heavy atom. The first-order valence-corrected chi connectivity index (χ1v) is 12.6. The molecule has 2 aliphatic heterocycles. The molecule has 2 aromatic carbocycles. The van der Waals surface area contributed by atoms with Crippen molar-refractivity contribution in [3.05, 3.63) is 64.7 Å². The van der Waals surface area contributed by atoms with Gasteiger partial charge in [-0.25, -0.2) is 0 Å². The normalized spacial score (nSPS) is 19.6. The fourth-order valence-corrected chi connectivity index (χ4v) is 4.58. The lowest BCUT2D eigenvalue weighted by molar-refractivity contribution is -0.152. The Morgan fingerprint density at radius 2 is 2.00 bits per heavy atom. The van der Waals surface area contributed by atoms with E-state index in [1.165, 1.54) is 16.7 Å². The molecule has 1 N–H and O–H groups in total. The summed E-state index contributed by atoms with van der Waals surface area (Å²) in [5, 5.41) is 3.26. The molecule has 0 amide bonds. The van der Waals surface area contributed by atoms with Crippen molar-refractivity contribution in [2.45, 2.75) is 51.7 Å². The maximum Gasteiger partial charge on any atom is 0.323 e. The highest BCUT2D eigenvalue weighted by atomic mass is 16.5. The first-order chi connectivity index (χ1) is 16.6. The minimum absolute atomic E-state index is 0.152. The molecule has 34 heavy (non-hydrogen) atoms. The third-order valence-corrected chi connectivity index (χ3v) is 6.88. The van der Waals surface area contributed by atoms with Crippen molar-refractivity contribution in [2.75, 3.05) is 46.0 Å². The van der Waals surface area contributed by atoms with Crippen LogP contribution in [-0.2, 0) is 20.7 Å². The Balaban J connectivity index is 1.41. The molecule has 4 rings (SSSR count). The number of nitrogens with zero attached hydrogens (tertiary/aromatic N) is 1. The Hall–Kier alpha value is -2.41. The van der Waals surface area contributed by atoms with E-state index >= 15 is 0 Å². The summed E-state index contributed by atoms with van der Waals surface area (Å²) in [7, 11) is 0. The molecule has 2 aliphatic rings. The fraction of sp³-hybridized carbons (Fsp3) is 0.536. The molecule has 6 nitrogen and oxygen atoms in total. The molecule has 1 unspecified atom stereocenters. The van der Waals surface area contributed by atoms with Gasteiger partial charge in [0.25, 0.3) is 0 Å². The lowest BCUT2D eigenvalue weighted by Crippen LogP contribution is -2.38. The van der Waals surface area contributed by atoms with Crippen molar-refractivity contribution < 1.29 is 19.0 Å². The van der Waals surface area contributed by atoms with Gasteiger partial charge in [-0.2, -0.15) is 0 Å². The van der Waals surface area contributed by atoms with Crippen LogP contribution in [0.1, 0.15) is 47.6 Å². The van der Waals surface area contributed by atoms with E-state index in [0.29, 0.717) is 6.61 Å². The van der Waals surface area contributed by atoms with Crippen LogP contribution in [0.3, 0.4) is 0 Å². The maximum atomic E-state index is 12.8. The molecule has 2 aromatic rings. The van der Waals surface area contributed by atoms with Crippen LogP contribution >= 0.6 is 0 Å². The van der Waals surface area contributed by atoms with Gasteiger partial charge in [-0.15, -0.1) is 0 Å². The highest BCUT2D eigenvalue weighted by Gasteiger charge is 2.27. The molecule has 0 saturated carbocycles. The van der Waals surface area contributed by atoms with Gasteiger partial charge in [0.1, 0.15) is 24.5 Å². The third kappa shape index (κ3) is 7.05. The molecule has 2 heterocycles. The number of ether oxygens (including phenoxy) is 3. The number of benzene rings is 2. The number of carbonyl (C=O) groups excluding carboxylic acids is 1. The largest absolute Gasteiger partial charge is 0.492 e. The molecule has 0 aromatic heterocycles. The second kappa shape index (κ2) is 12.3. The van der Waals surface area contributed by atoms with Crippen LogP contribution in [-0.4, -0.2) is 62.9 Å². The molecule has 0 aliphatic carbocycles. The summed E-state index contributed by atoms with van der Waals surface area (Å²) in [5.74, 6) is 0.665. The SMILES string of the molecule is Cc1ccc(CCC(OC(=O)[C@@H]2CCCN2)c2cccc(OCCN3CCOCC3)c2)cc1C. The summed E-state index contributed by atoms with van der Waals surface area (Å²) in [6, 6.07) is 14.4. The second-order valence-electron chi connectivity index (χ2n) is 9.41. The van der Waals surface area contributed by atoms with Crippen LogP contribution in [0.25, 0.3) is 0 Å². The summed E-state index contributed by atoms with van der Waals surface area (Å²) in [5.41, 5.74) is 4.83. The summed E-state index contributed by atoms with van der Waals surface area (Å²) in [6.45, 7) is 10.1. The average molecular weight is 467 g/mol. The highest BCUT2D eigenvalue weighted by Crippen LogP contribution is 2.28. The number of hydrogen-bond donors (Lipinski definition) is 1. The number of nitrogens with one attached hydrogen (secondary N) is 1. The van der Waals surface area contributed by atoms with Crippen molar-refractivity contribution in [1.82, 2.24) is 10.2 Å². The molecule has 2 atom stereocenters. The molecule has 0 spiro atoms. The Morgan fingerprint density at radius 3 is 2.76 bits per heavy atom. The molecule has 0 bridgehead atoms. The summed E-state index contributed by atoms with van der Waals surface area (Å²) < 4.78 is 17.5. The average Bonchev–Trinajstić information content (AvgIpc) is 3.40. The van der Waals surface area contributed by atoms with Gasteiger partial charge in [-0.1, -0.05) is 30.3 Å². The smallest absolute Gasteiger partial charge is 0.323 e. The quantitative estimate of drug-likeness (QED) is 0.535. The van der Waals surface area contributed by atoms with E-state index in [4.69, 9.17) is 14.2 Å². The number of rotatable bonds is 10. The molecule has 6 heteroatoms. The van der Waals surface area contributed by atoms with Crippen molar-refractivity contribution in [3.8, 4) is 5.75 Å². The number of esters is 1. The van der Waals surface area contributed by atoms with Gasteiger partial charge in [-0.3, -0.25) is 9.69 Å². The van der Waals surface area contributed by atoms with Gasteiger partial charge < -0.3 is 19.5 Å². The number of morpholine rings is 1. The topological polar surface area (TPSA) is 60.0 Å². The van der Waals surface area contributed by atoms with Gasteiger partial charge in [0.05, 0.1) is 13.2 Å².